The lowest BCUT2D eigenvalue weighted by Crippen LogP contribution is -2.53. The van der Waals surface area contributed by atoms with E-state index in [-0.39, 0.29) is 17.2 Å². The number of carbonyl (C=O) groups excluding carboxylic acids is 2. The quantitative estimate of drug-likeness (QED) is 0.371. The van der Waals surface area contributed by atoms with Gasteiger partial charge in [0.2, 0.25) is 0 Å². The van der Waals surface area contributed by atoms with Gasteiger partial charge >= 0.3 is 0 Å². The average molecular weight is 274 g/mol. The Morgan fingerprint density at radius 2 is 2.05 bits per heavy atom. The van der Waals surface area contributed by atoms with Crippen molar-refractivity contribution in [1.82, 2.24) is 20.2 Å². The van der Waals surface area contributed by atoms with E-state index in [1.165, 1.54) is 35.8 Å². The third-order valence-corrected chi connectivity index (χ3v) is 2.71. The normalized spacial score (nSPS) is 17.6. The second-order valence-corrected chi connectivity index (χ2v) is 4.08. The highest BCUT2D eigenvalue weighted by atomic mass is 32.1. The van der Waals surface area contributed by atoms with E-state index in [1.54, 1.807) is 0 Å². The molecule has 19 heavy (non-hydrogen) atoms. The van der Waals surface area contributed by atoms with E-state index in [0.717, 1.165) is 0 Å². The number of carbonyl (C=O) groups is 2. The van der Waals surface area contributed by atoms with Crippen molar-refractivity contribution in [3.8, 4) is 0 Å². The van der Waals surface area contributed by atoms with Crippen LogP contribution in [0.3, 0.4) is 0 Å². The summed E-state index contributed by atoms with van der Waals surface area (Å²) in [5.74, 6) is -0.989. The van der Waals surface area contributed by atoms with E-state index in [2.05, 4.69) is 21.9 Å². The van der Waals surface area contributed by atoms with E-state index >= 15 is 0 Å². The largest absolute Gasteiger partial charge is 0.298 e. The van der Waals surface area contributed by atoms with Gasteiger partial charge in [-0.15, -0.1) is 6.58 Å². The summed E-state index contributed by atoms with van der Waals surface area (Å²) in [6.07, 6.45) is 7.33. The van der Waals surface area contributed by atoms with Crippen LogP contribution in [0.2, 0.25) is 0 Å². The Morgan fingerprint density at radius 1 is 1.37 bits per heavy atom. The van der Waals surface area contributed by atoms with Gasteiger partial charge in [0.15, 0.2) is 5.11 Å². The number of aromatic nitrogens is 2. The Kier molecular flexibility index (Phi) is 3.76. The third kappa shape index (κ3) is 2.71. The summed E-state index contributed by atoms with van der Waals surface area (Å²) in [7, 11) is 0. The maximum Gasteiger partial charge on any atom is 0.265 e. The standard InChI is InChI=1S/C12H10N4O2S/c1-2-3-16-11(18)9(10(17)15-12(16)19)4-8-5-13-7-14-6-8/h2,4-7H,1,3H2,(H,15,17,19). The van der Waals surface area contributed by atoms with Crippen molar-refractivity contribution in [2.24, 2.45) is 0 Å². The van der Waals surface area contributed by atoms with Gasteiger partial charge in [-0.05, 0) is 18.3 Å². The SMILES string of the molecule is C=CCN1C(=O)C(=Cc2cncnc2)C(=O)NC1=S. The van der Waals surface area contributed by atoms with Gasteiger partial charge in [0, 0.05) is 24.5 Å². The highest BCUT2D eigenvalue weighted by Crippen LogP contribution is 2.13. The number of thiocarbonyl (C=S) groups is 1. The van der Waals surface area contributed by atoms with Crippen LogP contribution in [0.5, 0.6) is 0 Å². The minimum Gasteiger partial charge on any atom is -0.298 e. The lowest BCUT2D eigenvalue weighted by atomic mass is 10.1. The Hall–Kier alpha value is -2.41. The molecule has 0 unspecified atom stereocenters. The first-order valence-electron chi connectivity index (χ1n) is 5.38. The maximum atomic E-state index is 12.2. The molecular weight excluding hydrogens is 264 g/mol. The molecule has 2 heterocycles. The molecule has 1 fully saturated rings. The summed E-state index contributed by atoms with van der Waals surface area (Å²) in [4.78, 5) is 32.8. The topological polar surface area (TPSA) is 75.2 Å². The molecule has 0 spiro atoms. The van der Waals surface area contributed by atoms with E-state index < -0.39 is 11.8 Å². The smallest absolute Gasteiger partial charge is 0.265 e. The van der Waals surface area contributed by atoms with E-state index in [0.29, 0.717) is 5.56 Å². The molecule has 2 rings (SSSR count). The van der Waals surface area contributed by atoms with Crippen LogP contribution >= 0.6 is 12.2 Å². The third-order valence-electron chi connectivity index (χ3n) is 2.39. The Labute approximate surface area is 114 Å². The van der Waals surface area contributed by atoms with E-state index in [9.17, 15) is 9.59 Å². The molecule has 1 aliphatic heterocycles. The molecule has 1 aromatic rings. The van der Waals surface area contributed by atoms with Crippen molar-refractivity contribution in [3.63, 3.8) is 0 Å². The minimum absolute atomic E-state index is 0.00903. The summed E-state index contributed by atoms with van der Waals surface area (Å²) >= 11 is 4.94. The lowest BCUT2D eigenvalue weighted by molar-refractivity contribution is -0.128. The predicted molar refractivity (Wildman–Crippen MR) is 72.7 cm³/mol. The van der Waals surface area contributed by atoms with Gasteiger partial charge in [-0.3, -0.25) is 19.8 Å². The zero-order valence-corrected chi connectivity index (χ0v) is 10.7. The number of nitrogens with one attached hydrogen (secondary N) is 1. The fourth-order valence-corrected chi connectivity index (χ4v) is 1.79. The van der Waals surface area contributed by atoms with Crippen molar-refractivity contribution in [1.29, 1.82) is 0 Å². The van der Waals surface area contributed by atoms with Crippen molar-refractivity contribution >= 4 is 35.2 Å². The van der Waals surface area contributed by atoms with Crippen molar-refractivity contribution in [2.75, 3.05) is 6.54 Å². The van der Waals surface area contributed by atoms with Crippen molar-refractivity contribution in [3.05, 3.63) is 42.5 Å². The summed E-state index contributed by atoms with van der Waals surface area (Å²) in [5, 5.41) is 2.54. The summed E-state index contributed by atoms with van der Waals surface area (Å²) < 4.78 is 0. The minimum atomic E-state index is -0.529. The Bertz CT molecular complexity index is 583. The van der Waals surface area contributed by atoms with Crippen LogP contribution in [0.25, 0.3) is 6.08 Å². The number of amides is 2. The summed E-state index contributed by atoms with van der Waals surface area (Å²) in [6.45, 7) is 3.78. The molecule has 96 valence electrons. The highest BCUT2D eigenvalue weighted by molar-refractivity contribution is 7.80. The zero-order chi connectivity index (χ0) is 13.8. The van der Waals surface area contributed by atoms with Gasteiger partial charge < -0.3 is 0 Å². The summed E-state index contributed by atoms with van der Waals surface area (Å²) in [6, 6.07) is 0. The molecule has 0 atom stereocenters. The van der Waals surface area contributed by atoms with E-state index in [4.69, 9.17) is 12.2 Å². The molecule has 1 N–H and O–H groups in total. The number of rotatable bonds is 3. The Morgan fingerprint density at radius 3 is 2.68 bits per heavy atom. The molecule has 1 aliphatic rings. The molecule has 2 amide bonds. The fraction of sp³-hybridized carbons (Fsp3) is 0.0833. The monoisotopic (exact) mass is 274 g/mol. The first-order chi connectivity index (χ1) is 9.13. The molecule has 0 saturated carbocycles. The molecule has 6 nitrogen and oxygen atoms in total. The molecule has 0 radical (unpaired) electrons. The first kappa shape index (κ1) is 13.0. The van der Waals surface area contributed by atoms with Gasteiger partial charge in [0.25, 0.3) is 11.8 Å². The second kappa shape index (κ2) is 5.49. The number of hydrogen-bond acceptors (Lipinski definition) is 5. The van der Waals surface area contributed by atoms with Crippen molar-refractivity contribution in [2.45, 2.75) is 0 Å². The zero-order valence-electron chi connectivity index (χ0n) is 9.87. The highest BCUT2D eigenvalue weighted by Gasteiger charge is 2.32. The van der Waals surface area contributed by atoms with Crippen LogP contribution in [0, 0.1) is 0 Å². The lowest BCUT2D eigenvalue weighted by Gasteiger charge is -2.27. The predicted octanol–water partition coefficient (Wildman–Crippen LogP) is 0.289. The fourth-order valence-electron chi connectivity index (χ4n) is 1.54. The summed E-state index contributed by atoms with van der Waals surface area (Å²) in [5.41, 5.74) is 0.553. The van der Waals surface area contributed by atoms with Gasteiger partial charge in [-0.25, -0.2) is 9.97 Å². The molecule has 0 bridgehead atoms. The first-order valence-corrected chi connectivity index (χ1v) is 5.79. The van der Waals surface area contributed by atoms with Gasteiger partial charge in [0.1, 0.15) is 11.9 Å². The van der Waals surface area contributed by atoms with Crippen LogP contribution in [0.15, 0.2) is 36.9 Å². The number of nitrogens with zero attached hydrogens (tertiary/aromatic N) is 3. The average Bonchev–Trinajstić information content (AvgIpc) is 2.41. The molecular formula is C12H10N4O2S. The maximum absolute atomic E-state index is 12.2. The molecule has 1 aromatic heterocycles. The van der Waals surface area contributed by atoms with Crippen LogP contribution in [-0.4, -0.2) is 38.3 Å². The second-order valence-electron chi connectivity index (χ2n) is 3.69. The van der Waals surface area contributed by atoms with Gasteiger partial charge in [0.05, 0.1) is 0 Å². The van der Waals surface area contributed by atoms with Gasteiger partial charge in [-0.2, -0.15) is 0 Å². The molecule has 7 heteroatoms. The molecule has 0 aliphatic carbocycles. The molecule has 0 aromatic carbocycles. The van der Waals surface area contributed by atoms with E-state index in [1.807, 2.05) is 0 Å². The van der Waals surface area contributed by atoms with Gasteiger partial charge in [-0.1, -0.05) is 6.08 Å². The van der Waals surface area contributed by atoms with Crippen LogP contribution in [0.1, 0.15) is 5.56 Å². The van der Waals surface area contributed by atoms with Crippen LogP contribution < -0.4 is 5.32 Å². The van der Waals surface area contributed by atoms with Crippen LogP contribution in [0.4, 0.5) is 0 Å². The number of hydrogen-bond donors (Lipinski definition) is 1. The van der Waals surface area contributed by atoms with Crippen molar-refractivity contribution < 1.29 is 9.59 Å². The van der Waals surface area contributed by atoms with Crippen LogP contribution in [-0.2, 0) is 9.59 Å². The Balaban J connectivity index is 2.36. The molecule has 1 saturated heterocycles.